The van der Waals surface area contributed by atoms with Gasteiger partial charge in [-0.1, -0.05) is 243 Å². The molecular weight excluding hydrogens is 1430 g/mol. The summed E-state index contributed by atoms with van der Waals surface area (Å²) in [6.07, 6.45) is 0. The zero-order valence-electron chi connectivity index (χ0n) is 64.1. The summed E-state index contributed by atoms with van der Waals surface area (Å²) in [5.41, 5.74) is 26.3. The molecule has 548 valence electrons. The Morgan fingerprint density at radius 2 is 0.441 bits per heavy atom. The van der Waals surface area contributed by atoms with E-state index in [1.807, 2.05) is 0 Å². The van der Waals surface area contributed by atoms with E-state index in [9.17, 15) is 0 Å². The summed E-state index contributed by atoms with van der Waals surface area (Å²) in [7, 11) is 0. The lowest BCUT2D eigenvalue weighted by Crippen LogP contribution is -2.09. The SMILES string of the molecule is c1ccc(-c2ccc3cc4c5cc6c7ccccc7n(-c7ccccc7)c6c6c7cc8ccc(-c9ccccc9)cc8cc7n(c4cc3c2)c56)cc1.c1ccc(N(c2ccccc2)c2ccc3cc4c5cc6c7ccccc7n(-c7ccccc7)c6c6c7cc8ccc(N(c9ccccc9)c9ccccc9)cc8cc7n(c4cc3c2)c56)cc1. The molecule has 0 bridgehead atoms. The number of rotatable bonds is 10. The highest BCUT2D eigenvalue weighted by molar-refractivity contribution is 6.37. The maximum Gasteiger partial charge on any atom is 0.0642 e. The van der Waals surface area contributed by atoms with Crippen LogP contribution in [0, 0.1) is 0 Å². The highest BCUT2D eigenvalue weighted by Crippen LogP contribution is 2.52. The molecule has 6 aromatic heterocycles. The van der Waals surface area contributed by atoms with Gasteiger partial charge in [-0.2, -0.15) is 0 Å². The Morgan fingerprint density at radius 3 is 0.805 bits per heavy atom. The number of para-hydroxylation sites is 8. The molecule has 0 atom stereocenters. The van der Waals surface area contributed by atoms with E-state index in [0.29, 0.717) is 0 Å². The molecule has 0 saturated carbocycles. The average Bonchev–Trinajstić information content (AvgIpc) is 1.51. The summed E-state index contributed by atoms with van der Waals surface area (Å²) < 4.78 is 10.1. The van der Waals surface area contributed by atoms with Crippen LogP contribution in [0.5, 0.6) is 0 Å². The van der Waals surface area contributed by atoms with Crippen LogP contribution in [0.4, 0.5) is 34.1 Å². The molecule has 0 aliphatic carbocycles. The van der Waals surface area contributed by atoms with E-state index < -0.39 is 0 Å². The maximum atomic E-state index is 2.57. The van der Waals surface area contributed by atoms with Crippen LogP contribution in [0.15, 0.2) is 425 Å². The molecule has 0 fully saturated rings. The molecule has 0 aliphatic heterocycles. The molecular formula is C112H70N6. The number of benzene rings is 20. The third-order valence-corrected chi connectivity index (χ3v) is 25.0. The Balaban J connectivity index is 0.000000135. The van der Waals surface area contributed by atoms with Gasteiger partial charge in [0.15, 0.2) is 0 Å². The van der Waals surface area contributed by atoms with Crippen molar-refractivity contribution in [3.8, 4) is 33.6 Å². The predicted octanol–water partition coefficient (Wildman–Crippen LogP) is 30.8. The Morgan fingerprint density at radius 1 is 0.153 bits per heavy atom. The third-order valence-electron chi connectivity index (χ3n) is 25.0. The van der Waals surface area contributed by atoms with Gasteiger partial charge in [0.05, 0.1) is 55.2 Å². The molecule has 6 nitrogen and oxygen atoms in total. The monoisotopic (exact) mass is 1500 g/mol. The van der Waals surface area contributed by atoms with Crippen molar-refractivity contribution >= 4 is 197 Å². The summed E-state index contributed by atoms with van der Waals surface area (Å²) in [5.74, 6) is 0. The topological polar surface area (TPSA) is 25.2 Å². The first kappa shape index (κ1) is 65.8. The Kier molecular flexibility index (Phi) is 14.4. The summed E-state index contributed by atoms with van der Waals surface area (Å²) in [5, 5.41) is 25.1. The minimum Gasteiger partial charge on any atom is -0.310 e. The molecule has 0 radical (unpaired) electrons. The molecule has 0 unspecified atom stereocenters. The zero-order valence-corrected chi connectivity index (χ0v) is 64.1. The molecule has 20 aromatic carbocycles. The molecule has 0 amide bonds. The first-order valence-corrected chi connectivity index (χ1v) is 40.7. The van der Waals surface area contributed by atoms with Crippen LogP contribution in [0.3, 0.4) is 0 Å². The number of hydrogen-bond acceptors (Lipinski definition) is 2. The van der Waals surface area contributed by atoms with E-state index in [1.165, 1.54) is 191 Å². The van der Waals surface area contributed by atoms with Gasteiger partial charge in [-0.3, -0.25) is 0 Å². The largest absolute Gasteiger partial charge is 0.310 e. The van der Waals surface area contributed by atoms with Gasteiger partial charge >= 0.3 is 0 Å². The molecule has 26 aromatic rings. The number of anilines is 6. The standard InChI is InChI=1S/C62H40N4.C50H30N2/c1-6-18-45(19-7-1)63(46-20-8-2-9-21-46)50-32-30-41-36-53-55-40-54-52-28-16-17-29-57(52)65(49-26-14-5-15-27-49)61(54)60-56-37-42-31-33-51(64(47-22-10-3-11-23-47)48-24-12-4-13-25-48)35-44(42)39-59(56)66(62(55)60)58(53)38-43(41)34-50;1-4-12-31(13-5-1)33-20-22-35-26-41-43-30-42-40-18-10-11-19-45(40)51(39-16-8-3-9-17-39)49(42)48-44-27-36-23-21-34(32-14-6-2-7-15-32)25-38(36)29-47(44)52(50(43)48)46(41)28-37(35)24-33/h1-40H;1-30H. The van der Waals surface area contributed by atoms with E-state index in [1.54, 1.807) is 0 Å². The zero-order chi connectivity index (χ0) is 77.2. The molecule has 0 spiro atoms. The van der Waals surface area contributed by atoms with Crippen LogP contribution in [0.25, 0.3) is 197 Å². The van der Waals surface area contributed by atoms with Crippen LogP contribution in [0.1, 0.15) is 0 Å². The molecule has 26 rings (SSSR count). The Bertz CT molecular complexity index is 8430. The number of fused-ring (bicyclic) bond motifs is 24. The van der Waals surface area contributed by atoms with Crippen LogP contribution in [-0.2, 0) is 0 Å². The normalized spacial score (nSPS) is 12.1. The first-order valence-electron chi connectivity index (χ1n) is 40.7. The van der Waals surface area contributed by atoms with Crippen molar-refractivity contribution in [3.63, 3.8) is 0 Å². The minimum atomic E-state index is 1.12. The number of nitrogens with zero attached hydrogens (tertiary/aromatic N) is 6. The second-order valence-corrected chi connectivity index (χ2v) is 31.5. The highest BCUT2D eigenvalue weighted by Gasteiger charge is 2.29. The molecule has 0 aliphatic rings. The van der Waals surface area contributed by atoms with Gasteiger partial charge in [-0.15, -0.1) is 0 Å². The van der Waals surface area contributed by atoms with Crippen LogP contribution in [0.2, 0.25) is 0 Å². The first-order chi connectivity index (χ1) is 58.5. The van der Waals surface area contributed by atoms with Crippen molar-refractivity contribution in [2.45, 2.75) is 0 Å². The summed E-state index contributed by atoms with van der Waals surface area (Å²) in [6.45, 7) is 0. The van der Waals surface area contributed by atoms with Crippen LogP contribution in [-0.4, -0.2) is 17.9 Å². The van der Waals surface area contributed by atoms with E-state index in [4.69, 9.17) is 0 Å². The number of hydrogen-bond donors (Lipinski definition) is 0. The highest BCUT2D eigenvalue weighted by atomic mass is 15.1. The van der Waals surface area contributed by atoms with Gasteiger partial charge in [-0.25, -0.2) is 0 Å². The van der Waals surface area contributed by atoms with Crippen molar-refractivity contribution in [2.75, 3.05) is 9.80 Å². The molecule has 0 saturated heterocycles. The van der Waals surface area contributed by atoms with E-state index in [-0.39, 0.29) is 0 Å². The van der Waals surface area contributed by atoms with Gasteiger partial charge < -0.3 is 27.7 Å². The fourth-order valence-corrected chi connectivity index (χ4v) is 19.8. The predicted molar refractivity (Wildman–Crippen MR) is 501 cm³/mol. The Labute approximate surface area is 678 Å². The fraction of sp³-hybridized carbons (Fsp3) is 0. The van der Waals surface area contributed by atoms with E-state index in [0.717, 1.165) is 39.8 Å². The summed E-state index contributed by atoms with van der Waals surface area (Å²) in [6, 6.07) is 156. The van der Waals surface area contributed by atoms with Crippen molar-refractivity contribution in [3.05, 3.63) is 425 Å². The van der Waals surface area contributed by atoms with Gasteiger partial charge in [0, 0.05) is 110 Å². The minimum absolute atomic E-state index is 1.12. The van der Waals surface area contributed by atoms with E-state index in [2.05, 4.69) is 452 Å². The average molecular weight is 1500 g/mol. The third kappa shape index (κ3) is 10.00. The smallest absolute Gasteiger partial charge is 0.0642 e. The van der Waals surface area contributed by atoms with Gasteiger partial charge in [0.2, 0.25) is 0 Å². The maximum absolute atomic E-state index is 2.57. The second-order valence-electron chi connectivity index (χ2n) is 31.5. The van der Waals surface area contributed by atoms with E-state index >= 15 is 0 Å². The van der Waals surface area contributed by atoms with Crippen molar-refractivity contribution in [1.29, 1.82) is 0 Å². The number of aromatic nitrogens is 4. The van der Waals surface area contributed by atoms with Crippen molar-refractivity contribution in [2.24, 2.45) is 0 Å². The van der Waals surface area contributed by atoms with Gasteiger partial charge in [-0.05, 0) is 247 Å². The lowest BCUT2D eigenvalue weighted by Gasteiger charge is -2.25. The molecule has 0 N–H and O–H groups in total. The molecule has 6 heterocycles. The summed E-state index contributed by atoms with van der Waals surface area (Å²) >= 11 is 0. The second kappa shape index (κ2) is 25.9. The van der Waals surface area contributed by atoms with Gasteiger partial charge in [0.1, 0.15) is 0 Å². The van der Waals surface area contributed by atoms with Crippen molar-refractivity contribution in [1.82, 2.24) is 17.9 Å². The molecule has 6 heteroatoms. The van der Waals surface area contributed by atoms with Gasteiger partial charge in [0.25, 0.3) is 0 Å². The van der Waals surface area contributed by atoms with Crippen LogP contribution < -0.4 is 9.80 Å². The Hall–Kier alpha value is -15.8. The lowest BCUT2D eigenvalue weighted by molar-refractivity contribution is 1.19. The van der Waals surface area contributed by atoms with Crippen molar-refractivity contribution < 1.29 is 0 Å². The van der Waals surface area contributed by atoms with Crippen LogP contribution >= 0.6 is 0 Å². The fourth-order valence-electron chi connectivity index (χ4n) is 19.8. The summed E-state index contributed by atoms with van der Waals surface area (Å²) in [4.78, 5) is 4.70. The lowest BCUT2D eigenvalue weighted by atomic mass is 9.97. The quantitative estimate of drug-likeness (QED) is 0.136. The molecule has 118 heavy (non-hydrogen) atoms.